The van der Waals surface area contributed by atoms with Gasteiger partial charge in [0.25, 0.3) is 0 Å². The first-order valence-electron chi connectivity index (χ1n) is 10.0. The van der Waals surface area contributed by atoms with Crippen molar-refractivity contribution in [2.45, 2.75) is 23.1 Å². The predicted octanol–water partition coefficient (Wildman–Crippen LogP) is 5.82. The summed E-state index contributed by atoms with van der Waals surface area (Å²) in [4.78, 5) is 18.0. The van der Waals surface area contributed by atoms with Crippen LogP contribution in [0.2, 0.25) is 0 Å². The van der Waals surface area contributed by atoms with Crippen LogP contribution in [0.15, 0.2) is 88.7 Å². The lowest BCUT2D eigenvalue weighted by molar-refractivity contribution is -0.113. The Balaban J connectivity index is 1.86. The first kappa shape index (κ1) is 20.7. The Morgan fingerprint density at radius 1 is 1.06 bits per heavy atom. The first-order valence-corrected chi connectivity index (χ1v) is 10.8. The average Bonchev–Trinajstić information content (AvgIpc) is 2.78. The van der Waals surface area contributed by atoms with Gasteiger partial charge in [-0.1, -0.05) is 61.2 Å². The van der Waals surface area contributed by atoms with Crippen molar-refractivity contribution in [3.8, 4) is 16.9 Å². The van der Waals surface area contributed by atoms with Crippen molar-refractivity contribution in [2.24, 2.45) is 5.73 Å². The third-order valence-corrected chi connectivity index (χ3v) is 6.07. The van der Waals surface area contributed by atoms with Crippen molar-refractivity contribution < 1.29 is 9.90 Å². The van der Waals surface area contributed by atoms with E-state index < -0.39 is 5.91 Å². The van der Waals surface area contributed by atoms with Crippen LogP contribution >= 0.6 is 11.8 Å². The number of rotatable bonds is 6. The Kier molecular flexibility index (Phi) is 6.05. The number of hydrogen-bond donors (Lipinski definition) is 2. The molecule has 0 bridgehead atoms. The maximum atomic E-state index is 11.0. The maximum absolute atomic E-state index is 11.0. The Morgan fingerprint density at radius 3 is 2.48 bits per heavy atom. The van der Waals surface area contributed by atoms with Crippen LogP contribution < -0.4 is 5.73 Å². The van der Waals surface area contributed by atoms with Crippen LogP contribution in [-0.4, -0.2) is 16.0 Å². The molecule has 0 aliphatic heterocycles. The second-order valence-corrected chi connectivity index (χ2v) is 8.17. The number of hydrogen-bond acceptors (Lipinski definition) is 4. The van der Waals surface area contributed by atoms with Gasteiger partial charge >= 0.3 is 0 Å². The number of aromatic hydroxyl groups is 1. The standard InChI is InChI=1S/C26H22N2O2S/c1-2-22-25(18-6-4-3-5-7-18)26(21-14-11-19(29)16-23(21)28-22)31-20-12-8-17(9-13-20)10-15-24(27)30/h3-16,29H,2H2,1H3,(H2,27,30)/b15-10+. The quantitative estimate of drug-likeness (QED) is 0.381. The number of benzene rings is 3. The molecular weight excluding hydrogens is 404 g/mol. The topological polar surface area (TPSA) is 76.2 Å². The predicted molar refractivity (Wildman–Crippen MR) is 127 cm³/mol. The number of phenols is 1. The molecule has 1 heterocycles. The number of primary amides is 1. The van der Waals surface area contributed by atoms with E-state index in [2.05, 4.69) is 19.1 Å². The number of nitrogens with two attached hydrogens (primary N) is 1. The van der Waals surface area contributed by atoms with Gasteiger partial charge in [0.05, 0.1) is 5.52 Å². The maximum Gasteiger partial charge on any atom is 0.241 e. The number of fused-ring (bicyclic) bond motifs is 1. The highest BCUT2D eigenvalue weighted by Crippen LogP contribution is 2.43. The molecule has 4 nitrogen and oxygen atoms in total. The number of amides is 1. The van der Waals surface area contributed by atoms with Crippen LogP contribution in [0.25, 0.3) is 28.1 Å². The summed E-state index contributed by atoms with van der Waals surface area (Å²) in [6, 6.07) is 23.6. The molecule has 4 rings (SSSR count). The smallest absolute Gasteiger partial charge is 0.241 e. The van der Waals surface area contributed by atoms with E-state index in [-0.39, 0.29) is 5.75 Å². The molecule has 0 radical (unpaired) electrons. The number of carbonyl (C=O) groups is 1. The van der Waals surface area contributed by atoms with Gasteiger partial charge < -0.3 is 10.8 Å². The monoisotopic (exact) mass is 426 g/mol. The van der Waals surface area contributed by atoms with Crippen molar-refractivity contribution >= 4 is 34.6 Å². The molecule has 0 fully saturated rings. The molecule has 0 spiro atoms. The van der Waals surface area contributed by atoms with Crippen molar-refractivity contribution in [3.63, 3.8) is 0 Å². The Bertz CT molecular complexity index is 1270. The fourth-order valence-electron chi connectivity index (χ4n) is 3.48. The van der Waals surface area contributed by atoms with Gasteiger partial charge in [0.2, 0.25) is 5.91 Å². The summed E-state index contributed by atoms with van der Waals surface area (Å²) in [5.74, 6) is -0.263. The van der Waals surface area contributed by atoms with Crippen LogP contribution in [-0.2, 0) is 11.2 Å². The van der Waals surface area contributed by atoms with E-state index in [9.17, 15) is 9.90 Å². The Labute approximate surface area is 185 Å². The number of nitrogens with zero attached hydrogens (tertiary/aromatic N) is 1. The highest BCUT2D eigenvalue weighted by Gasteiger charge is 2.17. The number of carbonyl (C=O) groups excluding carboxylic acids is 1. The molecule has 154 valence electrons. The number of aryl methyl sites for hydroxylation is 1. The first-order chi connectivity index (χ1) is 15.0. The number of aromatic nitrogens is 1. The molecule has 3 N–H and O–H groups in total. The van der Waals surface area contributed by atoms with Crippen LogP contribution in [0, 0.1) is 0 Å². The fourth-order valence-corrected chi connectivity index (χ4v) is 4.61. The fraction of sp³-hybridized carbons (Fsp3) is 0.0769. The zero-order chi connectivity index (χ0) is 21.8. The van der Waals surface area contributed by atoms with E-state index in [0.29, 0.717) is 0 Å². The third kappa shape index (κ3) is 4.62. The van der Waals surface area contributed by atoms with Gasteiger partial charge in [0, 0.05) is 38.6 Å². The second kappa shape index (κ2) is 9.06. The summed E-state index contributed by atoms with van der Waals surface area (Å²) in [6.07, 6.45) is 3.83. The van der Waals surface area contributed by atoms with E-state index in [1.165, 1.54) is 6.08 Å². The molecular formula is C26H22N2O2S. The summed E-state index contributed by atoms with van der Waals surface area (Å²) < 4.78 is 0. The summed E-state index contributed by atoms with van der Waals surface area (Å²) in [5.41, 5.74) is 10.1. The van der Waals surface area contributed by atoms with Crippen LogP contribution in [0.5, 0.6) is 5.75 Å². The van der Waals surface area contributed by atoms with Gasteiger partial charge in [-0.05, 0) is 47.9 Å². The lowest BCUT2D eigenvalue weighted by Crippen LogP contribution is -2.04. The van der Waals surface area contributed by atoms with Crippen molar-refractivity contribution in [1.29, 1.82) is 0 Å². The summed E-state index contributed by atoms with van der Waals surface area (Å²) in [7, 11) is 0. The normalized spacial score (nSPS) is 11.3. The van der Waals surface area contributed by atoms with Gasteiger partial charge in [-0.15, -0.1) is 0 Å². The summed E-state index contributed by atoms with van der Waals surface area (Å²) in [6.45, 7) is 2.09. The number of phenolic OH excluding ortho intramolecular Hbond substituents is 1. The molecule has 0 saturated carbocycles. The molecule has 0 unspecified atom stereocenters. The van der Waals surface area contributed by atoms with Crippen molar-refractivity contribution in [2.75, 3.05) is 0 Å². The molecule has 0 aliphatic rings. The zero-order valence-corrected chi connectivity index (χ0v) is 17.9. The molecule has 4 aromatic rings. The molecule has 5 heteroatoms. The van der Waals surface area contributed by atoms with E-state index in [1.54, 1.807) is 30.0 Å². The lowest BCUT2D eigenvalue weighted by atomic mass is 10.00. The second-order valence-electron chi connectivity index (χ2n) is 7.09. The van der Waals surface area contributed by atoms with Gasteiger partial charge in [0.1, 0.15) is 5.75 Å². The highest BCUT2D eigenvalue weighted by molar-refractivity contribution is 7.99. The van der Waals surface area contributed by atoms with E-state index in [4.69, 9.17) is 10.7 Å². The number of pyridine rings is 1. The summed E-state index contributed by atoms with van der Waals surface area (Å²) in [5, 5.41) is 11.0. The largest absolute Gasteiger partial charge is 0.508 e. The molecule has 1 amide bonds. The van der Waals surface area contributed by atoms with Crippen LogP contribution in [0.1, 0.15) is 18.2 Å². The minimum Gasteiger partial charge on any atom is -0.508 e. The molecule has 1 aromatic heterocycles. The third-order valence-electron chi connectivity index (χ3n) is 4.93. The van der Waals surface area contributed by atoms with E-state index >= 15 is 0 Å². The van der Waals surface area contributed by atoms with Crippen molar-refractivity contribution in [3.05, 3.63) is 90.1 Å². The minimum absolute atomic E-state index is 0.205. The zero-order valence-electron chi connectivity index (χ0n) is 17.1. The minimum atomic E-state index is -0.468. The van der Waals surface area contributed by atoms with Crippen molar-refractivity contribution in [1.82, 2.24) is 4.98 Å². The van der Waals surface area contributed by atoms with Gasteiger partial charge in [-0.2, -0.15) is 0 Å². The van der Waals surface area contributed by atoms with Gasteiger partial charge in [0.15, 0.2) is 0 Å². The van der Waals surface area contributed by atoms with E-state index in [0.717, 1.165) is 49.5 Å². The van der Waals surface area contributed by atoms with E-state index in [1.807, 2.05) is 48.5 Å². The highest BCUT2D eigenvalue weighted by atomic mass is 32.2. The molecule has 0 aliphatic carbocycles. The molecule has 3 aromatic carbocycles. The lowest BCUT2D eigenvalue weighted by Gasteiger charge is -2.17. The van der Waals surface area contributed by atoms with Gasteiger partial charge in [-0.25, -0.2) is 0 Å². The Hall–Kier alpha value is -3.57. The van der Waals surface area contributed by atoms with Crippen LogP contribution in [0.3, 0.4) is 0 Å². The van der Waals surface area contributed by atoms with Gasteiger partial charge in [-0.3, -0.25) is 9.78 Å². The van der Waals surface area contributed by atoms with Crippen LogP contribution in [0.4, 0.5) is 0 Å². The Morgan fingerprint density at radius 2 is 1.81 bits per heavy atom. The average molecular weight is 427 g/mol. The molecule has 31 heavy (non-hydrogen) atoms. The molecule has 0 saturated heterocycles. The SMILES string of the molecule is CCc1nc2cc(O)ccc2c(Sc2ccc(/C=C/C(N)=O)cc2)c1-c1ccccc1. The molecule has 0 atom stereocenters. The summed E-state index contributed by atoms with van der Waals surface area (Å²) >= 11 is 1.67.